The van der Waals surface area contributed by atoms with Crippen molar-refractivity contribution in [1.29, 1.82) is 0 Å². The van der Waals surface area contributed by atoms with E-state index >= 15 is 0 Å². The Hall–Kier alpha value is -1.62. The van der Waals surface area contributed by atoms with Crippen LogP contribution in [0.1, 0.15) is 5.82 Å². The highest BCUT2D eigenvalue weighted by Crippen LogP contribution is 2.18. The molecule has 0 saturated carbocycles. The number of halogens is 1. The minimum Gasteiger partial charge on any atom is -0.368 e. The number of anilines is 1. The Kier molecular flexibility index (Phi) is 2.09. The summed E-state index contributed by atoms with van der Waals surface area (Å²) in [4.78, 5) is 14.9. The summed E-state index contributed by atoms with van der Waals surface area (Å²) in [7, 11) is 0. The van der Waals surface area contributed by atoms with Crippen molar-refractivity contribution in [2.75, 3.05) is 5.73 Å². The van der Waals surface area contributed by atoms with Crippen LogP contribution in [0.4, 0.5) is 5.95 Å². The van der Waals surface area contributed by atoms with Gasteiger partial charge in [-0.15, -0.1) is 6.58 Å². The summed E-state index contributed by atoms with van der Waals surface area (Å²) in [5, 5.41) is 0.287. The first kappa shape index (κ1) is 8.96. The molecule has 2 aromatic heterocycles. The third kappa shape index (κ3) is 1.42. The molecule has 0 aliphatic carbocycles. The van der Waals surface area contributed by atoms with Crippen LogP contribution in [-0.2, 0) is 6.42 Å². The number of fused-ring (bicyclic) bond motifs is 1. The lowest BCUT2D eigenvalue weighted by atomic mass is 10.4. The third-order valence-electron chi connectivity index (χ3n) is 1.71. The van der Waals surface area contributed by atoms with Gasteiger partial charge in [-0.1, -0.05) is 17.7 Å². The molecule has 2 heterocycles. The Balaban J connectivity index is 2.64. The van der Waals surface area contributed by atoms with E-state index in [0.717, 1.165) is 5.82 Å². The highest BCUT2D eigenvalue weighted by atomic mass is 35.5. The number of hydrogen-bond donors (Lipinski definition) is 2. The Morgan fingerprint density at radius 2 is 2.21 bits per heavy atom. The van der Waals surface area contributed by atoms with Crippen LogP contribution < -0.4 is 5.73 Å². The second-order valence-corrected chi connectivity index (χ2v) is 3.11. The lowest BCUT2D eigenvalue weighted by Gasteiger charge is -1.92. The van der Waals surface area contributed by atoms with E-state index in [9.17, 15) is 0 Å². The number of nitrogens with two attached hydrogens (primary N) is 1. The summed E-state index contributed by atoms with van der Waals surface area (Å²) in [6.07, 6.45) is 2.37. The monoisotopic (exact) mass is 209 g/mol. The molecule has 0 atom stereocenters. The van der Waals surface area contributed by atoms with Crippen LogP contribution in [0.3, 0.4) is 0 Å². The molecular weight excluding hydrogens is 202 g/mol. The molecule has 0 aromatic carbocycles. The smallest absolute Gasteiger partial charge is 0.223 e. The number of aromatic nitrogens is 4. The fourth-order valence-electron chi connectivity index (χ4n) is 1.16. The molecule has 6 heteroatoms. The van der Waals surface area contributed by atoms with Crippen molar-refractivity contribution in [2.45, 2.75) is 6.42 Å². The lowest BCUT2D eigenvalue weighted by molar-refractivity contribution is 1.07. The van der Waals surface area contributed by atoms with Crippen molar-refractivity contribution in [3.05, 3.63) is 23.6 Å². The van der Waals surface area contributed by atoms with Crippen molar-refractivity contribution in [3.8, 4) is 0 Å². The maximum Gasteiger partial charge on any atom is 0.223 e. The van der Waals surface area contributed by atoms with Crippen molar-refractivity contribution < 1.29 is 0 Å². The summed E-state index contributed by atoms with van der Waals surface area (Å²) < 4.78 is 0. The zero-order valence-corrected chi connectivity index (χ0v) is 8.04. The summed E-state index contributed by atoms with van der Waals surface area (Å²) in [5.74, 6) is 0.871. The zero-order valence-electron chi connectivity index (χ0n) is 7.29. The van der Waals surface area contributed by atoms with E-state index in [4.69, 9.17) is 17.3 Å². The Morgan fingerprint density at radius 3 is 2.93 bits per heavy atom. The van der Waals surface area contributed by atoms with E-state index < -0.39 is 0 Å². The molecule has 0 saturated heterocycles. The van der Waals surface area contributed by atoms with Crippen LogP contribution >= 0.6 is 11.6 Å². The highest BCUT2D eigenvalue weighted by molar-refractivity contribution is 6.33. The van der Waals surface area contributed by atoms with Gasteiger partial charge >= 0.3 is 0 Å². The molecule has 0 aliphatic heterocycles. The van der Waals surface area contributed by atoms with Gasteiger partial charge in [0.2, 0.25) is 5.95 Å². The predicted molar refractivity (Wildman–Crippen MR) is 55.0 cm³/mol. The van der Waals surface area contributed by atoms with Gasteiger partial charge in [-0.2, -0.15) is 9.97 Å². The molecule has 72 valence electrons. The number of imidazole rings is 1. The van der Waals surface area contributed by atoms with Gasteiger partial charge in [-0.05, 0) is 0 Å². The molecule has 0 radical (unpaired) electrons. The Labute approximate surface area is 85.0 Å². The van der Waals surface area contributed by atoms with Crippen LogP contribution in [0.25, 0.3) is 11.2 Å². The van der Waals surface area contributed by atoms with Gasteiger partial charge in [-0.3, -0.25) is 0 Å². The van der Waals surface area contributed by atoms with Crippen LogP contribution in [-0.4, -0.2) is 19.9 Å². The molecule has 0 bridgehead atoms. The van der Waals surface area contributed by atoms with Crippen molar-refractivity contribution in [2.24, 2.45) is 0 Å². The first-order valence-corrected chi connectivity index (χ1v) is 4.37. The average molecular weight is 210 g/mol. The Morgan fingerprint density at radius 1 is 1.43 bits per heavy atom. The van der Waals surface area contributed by atoms with Gasteiger partial charge in [0.05, 0.1) is 0 Å². The summed E-state index contributed by atoms with van der Waals surface area (Å²) >= 11 is 5.85. The van der Waals surface area contributed by atoms with Crippen LogP contribution in [0.2, 0.25) is 5.15 Å². The number of hydrogen-bond acceptors (Lipinski definition) is 4. The van der Waals surface area contributed by atoms with E-state index in [1.165, 1.54) is 0 Å². The SMILES string of the molecule is C=CCc1nc2nc(N)nc(Cl)c2[nH]1. The van der Waals surface area contributed by atoms with E-state index in [2.05, 4.69) is 26.5 Å². The van der Waals surface area contributed by atoms with E-state index in [0.29, 0.717) is 17.6 Å². The largest absolute Gasteiger partial charge is 0.368 e. The van der Waals surface area contributed by atoms with Gasteiger partial charge in [0.25, 0.3) is 0 Å². The first-order chi connectivity index (χ1) is 6.70. The fraction of sp³-hybridized carbons (Fsp3) is 0.125. The van der Waals surface area contributed by atoms with Crippen LogP contribution in [0, 0.1) is 0 Å². The van der Waals surface area contributed by atoms with Crippen LogP contribution in [0.5, 0.6) is 0 Å². The van der Waals surface area contributed by atoms with E-state index in [-0.39, 0.29) is 11.1 Å². The van der Waals surface area contributed by atoms with Crippen molar-refractivity contribution >= 4 is 28.7 Å². The molecule has 0 unspecified atom stereocenters. The molecule has 0 aliphatic rings. The topological polar surface area (TPSA) is 80.5 Å². The molecule has 0 fully saturated rings. The molecule has 0 spiro atoms. The van der Waals surface area contributed by atoms with Crippen molar-refractivity contribution in [1.82, 2.24) is 19.9 Å². The molecule has 2 aromatic rings. The number of nitrogens with one attached hydrogen (secondary N) is 1. The van der Waals surface area contributed by atoms with Gasteiger partial charge in [0.15, 0.2) is 10.8 Å². The molecule has 2 rings (SSSR count). The van der Waals surface area contributed by atoms with E-state index in [1.807, 2.05) is 0 Å². The molecular formula is C8H8ClN5. The van der Waals surface area contributed by atoms with E-state index in [1.54, 1.807) is 6.08 Å². The normalized spacial score (nSPS) is 10.6. The number of H-pyrrole nitrogens is 1. The molecule has 14 heavy (non-hydrogen) atoms. The summed E-state index contributed by atoms with van der Waals surface area (Å²) in [6.45, 7) is 3.61. The molecule has 0 amide bonds. The fourth-order valence-corrected chi connectivity index (χ4v) is 1.38. The summed E-state index contributed by atoms with van der Waals surface area (Å²) in [5.41, 5.74) is 6.52. The minimum absolute atomic E-state index is 0.124. The molecule has 5 nitrogen and oxygen atoms in total. The second-order valence-electron chi connectivity index (χ2n) is 2.75. The third-order valence-corrected chi connectivity index (χ3v) is 1.98. The van der Waals surface area contributed by atoms with Gasteiger partial charge in [0, 0.05) is 6.42 Å². The van der Waals surface area contributed by atoms with Gasteiger partial charge in [0.1, 0.15) is 11.3 Å². The predicted octanol–water partition coefficient (Wildman–Crippen LogP) is 1.32. The van der Waals surface area contributed by atoms with Gasteiger partial charge in [-0.25, -0.2) is 4.98 Å². The number of rotatable bonds is 2. The number of nitrogens with zero attached hydrogens (tertiary/aromatic N) is 3. The maximum absolute atomic E-state index is 5.85. The zero-order chi connectivity index (χ0) is 10.1. The molecule has 3 N–H and O–H groups in total. The Bertz CT molecular complexity index is 490. The highest BCUT2D eigenvalue weighted by Gasteiger charge is 2.08. The lowest BCUT2D eigenvalue weighted by Crippen LogP contribution is -1.94. The quantitative estimate of drug-likeness (QED) is 0.577. The average Bonchev–Trinajstić information content (AvgIpc) is 2.48. The van der Waals surface area contributed by atoms with Crippen LogP contribution in [0.15, 0.2) is 12.7 Å². The maximum atomic E-state index is 5.85. The number of aromatic amines is 1. The number of allylic oxidation sites excluding steroid dienone is 1. The second kappa shape index (κ2) is 3.26. The minimum atomic E-state index is 0.124. The standard InChI is InChI=1S/C8H8ClN5/c1-2-3-4-11-5-6(9)13-8(10)14-7(5)12-4/h2H,1,3H2,(H3,10,11,12,13,14). The summed E-state index contributed by atoms with van der Waals surface area (Å²) in [6, 6.07) is 0. The first-order valence-electron chi connectivity index (χ1n) is 3.99. The number of nitrogen functional groups attached to an aromatic ring is 1. The van der Waals surface area contributed by atoms with Gasteiger partial charge < -0.3 is 10.7 Å². The van der Waals surface area contributed by atoms with Crippen molar-refractivity contribution in [3.63, 3.8) is 0 Å².